The van der Waals surface area contributed by atoms with E-state index in [1.165, 1.54) is 6.42 Å². The molecule has 3 nitrogen and oxygen atoms in total. The van der Waals surface area contributed by atoms with Gasteiger partial charge in [0.2, 0.25) is 0 Å². The highest BCUT2D eigenvalue weighted by Crippen LogP contribution is 2.13. The maximum Gasteiger partial charge on any atom is 0.142 e. The summed E-state index contributed by atoms with van der Waals surface area (Å²) >= 11 is 0. The third kappa shape index (κ3) is 4.82. The highest BCUT2D eigenvalue weighted by atomic mass is 16.6. The average Bonchev–Trinajstić information content (AvgIpc) is 2.34. The van der Waals surface area contributed by atoms with Crippen LogP contribution >= 0.6 is 0 Å². The molecule has 0 atom stereocenters. The van der Waals surface area contributed by atoms with E-state index in [9.17, 15) is 0 Å². The Kier molecular flexibility index (Phi) is 6.07. The van der Waals surface area contributed by atoms with Gasteiger partial charge in [-0.2, -0.15) is 0 Å². The average molecular weight is 221 g/mol. The lowest BCUT2D eigenvalue weighted by atomic mass is 10.2. The van der Waals surface area contributed by atoms with Crippen LogP contribution in [0.2, 0.25) is 0 Å². The monoisotopic (exact) mass is 221 g/mol. The predicted molar refractivity (Wildman–Crippen MR) is 65.8 cm³/mol. The molecule has 0 aliphatic rings. The molecule has 0 heterocycles. The van der Waals surface area contributed by atoms with Crippen molar-refractivity contribution in [3.8, 4) is 5.75 Å². The lowest BCUT2D eigenvalue weighted by Gasteiger charge is -2.02. The molecule has 0 unspecified atom stereocenters. The molecule has 0 amide bonds. The molecule has 1 aromatic rings. The molecule has 0 radical (unpaired) electrons. The van der Waals surface area contributed by atoms with Crippen LogP contribution in [0.1, 0.15) is 31.7 Å². The highest BCUT2D eigenvalue weighted by Gasteiger charge is 1.95. The van der Waals surface area contributed by atoms with Crippen molar-refractivity contribution in [1.82, 2.24) is 0 Å². The first kappa shape index (κ1) is 12.6. The van der Waals surface area contributed by atoms with E-state index < -0.39 is 0 Å². The Bertz CT molecular complexity index is 323. The maximum absolute atomic E-state index is 5.18. The van der Waals surface area contributed by atoms with Gasteiger partial charge in [-0.1, -0.05) is 30.6 Å². The Morgan fingerprint density at radius 1 is 1.38 bits per heavy atom. The largest absolute Gasteiger partial charge is 0.497 e. The molecule has 0 aliphatic heterocycles. The smallest absolute Gasteiger partial charge is 0.142 e. The molecule has 0 aromatic heterocycles. The van der Waals surface area contributed by atoms with E-state index in [2.05, 4.69) is 12.1 Å². The van der Waals surface area contributed by atoms with Gasteiger partial charge in [0, 0.05) is 6.21 Å². The van der Waals surface area contributed by atoms with Crippen molar-refractivity contribution in [2.45, 2.75) is 32.8 Å². The van der Waals surface area contributed by atoms with Crippen molar-refractivity contribution in [2.75, 3.05) is 7.11 Å². The molecule has 0 saturated heterocycles. The third-order valence-electron chi connectivity index (χ3n) is 2.20. The van der Waals surface area contributed by atoms with E-state index in [0.717, 1.165) is 24.2 Å². The summed E-state index contributed by atoms with van der Waals surface area (Å²) in [6.07, 6.45) is 5.15. The first-order valence-corrected chi connectivity index (χ1v) is 5.63. The molecule has 0 bridgehead atoms. The summed E-state index contributed by atoms with van der Waals surface area (Å²) < 4.78 is 5.12. The van der Waals surface area contributed by atoms with Gasteiger partial charge in [0.05, 0.1) is 7.11 Å². The second-order valence-electron chi connectivity index (χ2n) is 3.56. The number of hydrogen-bond acceptors (Lipinski definition) is 3. The van der Waals surface area contributed by atoms with Gasteiger partial charge in [0.25, 0.3) is 0 Å². The van der Waals surface area contributed by atoms with Crippen LogP contribution in [0.3, 0.4) is 0 Å². The van der Waals surface area contributed by atoms with Crippen molar-refractivity contribution in [3.05, 3.63) is 29.8 Å². The van der Waals surface area contributed by atoms with Crippen LogP contribution in [0.15, 0.2) is 29.4 Å². The zero-order valence-corrected chi connectivity index (χ0v) is 9.98. The lowest BCUT2D eigenvalue weighted by molar-refractivity contribution is 0.131. The van der Waals surface area contributed by atoms with Crippen LogP contribution in [-0.2, 0) is 11.4 Å². The standard InChI is InChI=1S/C13H19NO2/c1-3-4-5-9-14-16-11-12-7-6-8-13(10-12)15-2/h6-10H,3-5,11H2,1-2H3. The topological polar surface area (TPSA) is 30.8 Å². The molecule has 3 heteroatoms. The normalized spacial score (nSPS) is 10.6. The fraction of sp³-hybridized carbons (Fsp3) is 0.462. The minimum absolute atomic E-state index is 0.486. The van der Waals surface area contributed by atoms with Crippen molar-refractivity contribution >= 4 is 6.21 Å². The van der Waals surface area contributed by atoms with Gasteiger partial charge in [0.1, 0.15) is 12.4 Å². The summed E-state index contributed by atoms with van der Waals surface area (Å²) in [6.45, 7) is 2.64. The number of hydrogen-bond donors (Lipinski definition) is 0. The highest BCUT2D eigenvalue weighted by molar-refractivity contribution is 5.56. The van der Waals surface area contributed by atoms with Crippen LogP contribution < -0.4 is 4.74 Å². The number of oxime groups is 1. The van der Waals surface area contributed by atoms with E-state index in [-0.39, 0.29) is 0 Å². The molecule has 0 spiro atoms. The molecule has 1 rings (SSSR count). The Hall–Kier alpha value is -1.51. The van der Waals surface area contributed by atoms with E-state index in [1.54, 1.807) is 7.11 Å². The summed E-state index contributed by atoms with van der Waals surface area (Å²) in [7, 11) is 1.66. The summed E-state index contributed by atoms with van der Waals surface area (Å²) in [5.74, 6) is 0.844. The second-order valence-corrected chi connectivity index (χ2v) is 3.56. The quantitative estimate of drug-likeness (QED) is 0.401. The molecule has 1 aromatic carbocycles. The fourth-order valence-corrected chi connectivity index (χ4v) is 1.27. The SMILES string of the molecule is CCCCC=NOCc1cccc(OC)c1. The van der Waals surface area contributed by atoms with E-state index in [1.807, 2.05) is 30.5 Å². The van der Waals surface area contributed by atoms with Gasteiger partial charge in [-0.05, 0) is 30.5 Å². The van der Waals surface area contributed by atoms with Crippen LogP contribution in [0.4, 0.5) is 0 Å². The summed E-state index contributed by atoms with van der Waals surface area (Å²) in [5.41, 5.74) is 1.06. The van der Waals surface area contributed by atoms with Crippen LogP contribution in [0, 0.1) is 0 Å². The number of methoxy groups -OCH3 is 1. The fourth-order valence-electron chi connectivity index (χ4n) is 1.27. The Morgan fingerprint density at radius 2 is 2.25 bits per heavy atom. The third-order valence-corrected chi connectivity index (χ3v) is 2.20. The van der Waals surface area contributed by atoms with Gasteiger partial charge in [-0.25, -0.2) is 0 Å². The van der Waals surface area contributed by atoms with E-state index in [4.69, 9.17) is 9.57 Å². The summed E-state index contributed by atoms with van der Waals surface area (Å²) in [6, 6.07) is 7.79. The second kappa shape index (κ2) is 7.74. The summed E-state index contributed by atoms with van der Waals surface area (Å²) in [5, 5.41) is 3.89. The van der Waals surface area contributed by atoms with Gasteiger partial charge >= 0.3 is 0 Å². The van der Waals surface area contributed by atoms with Gasteiger partial charge in [-0.3, -0.25) is 0 Å². The van der Waals surface area contributed by atoms with Crippen molar-refractivity contribution in [2.24, 2.45) is 5.16 Å². The number of unbranched alkanes of at least 4 members (excludes halogenated alkanes) is 2. The minimum atomic E-state index is 0.486. The van der Waals surface area contributed by atoms with E-state index in [0.29, 0.717) is 6.61 Å². The molecule has 0 aliphatic carbocycles. The lowest BCUT2D eigenvalue weighted by Crippen LogP contribution is -1.89. The predicted octanol–water partition coefficient (Wildman–Crippen LogP) is 3.39. The molecule has 0 N–H and O–H groups in total. The molecular weight excluding hydrogens is 202 g/mol. The van der Waals surface area contributed by atoms with Gasteiger partial charge in [0.15, 0.2) is 0 Å². The number of benzene rings is 1. The summed E-state index contributed by atoms with van der Waals surface area (Å²) in [4.78, 5) is 5.18. The van der Waals surface area contributed by atoms with Gasteiger partial charge < -0.3 is 9.57 Å². The Labute approximate surface area is 97.1 Å². The molecule has 88 valence electrons. The molecule has 0 saturated carbocycles. The molecule has 16 heavy (non-hydrogen) atoms. The van der Waals surface area contributed by atoms with Gasteiger partial charge in [-0.15, -0.1) is 0 Å². The van der Waals surface area contributed by atoms with E-state index >= 15 is 0 Å². The maximum atomic E-state index is 5.18. The number of rotatable bonds is 7. The van der Waals surface area contributed by atoms with Crippen LogP contribution in [0.5, 0.6) is 5.75 Å². The van der Waals surface area contributed by atoms with Crippen molar-refractivity contribution in [1.29, 1.82) is 0 Å². The number of ether oxygens (including phenoxy) is 1. The van der Waals surface area contributed by atoms with Crippen LogP contribution in [-0.4, -0.2) is 13.3 Å². The first-order valence-electron chi connectivity index (χ1n) is 5.63. The number of nitrogens with zero attached hydrogens (tertiary/aromatic N) is 1. The zero-order chi connectivity index (χ0) is 11.6. The first-order chi connectivity index (χ1) is 7.86. The Balaban J connectivity index is 2.28. The zero-order valence-electron chi connectivity index (χ0n) is 9.98. The Morgan fingerprint density at radius 3 is 3.00 bits per heavy atom. The minimum Gasteiger partial charge on any atom is -0.497 e. The molecule has 0 fully saturated rings. The van der Waals surface area contributed by atoms with Crippen molar-refractivity contribution < 1.29 is 9.57 Å². The molecular formula is C13H19NO2. The van der Waals surface area contributed by atoms with Crippen LogP contribution in [0.25, 0.3) is 0 Å². The van der Waals surface area contributed by atoms with Crippen molar-refractivity contribution in [3.63, 3.8) is 0 Å².